The smallest absolute Gasteiger partial charge is 0.358 e. The molecule has 1 saturated heterocycles. The summed E-state index contributed by atoms with van der Waals surface area (Å²) in [6.07, 6.45) is 2.23. The summed E-state index contributed by atoms with van der Waals surface area (Å²) in [4.78, 5) is 24.5. The highest BCUT2D eigenvalue weighted by molar-refractivity contribution is 5.84. The second kappa shape index (κ2) is 5.58. The van der Waals surface area contributed by atoms with Crippen molar-refractivity contribution in [2.45, 2.75) is 32.4 Å². The highest BCUT2D eigenvalue weighted by atomic mass is 16.4. The molecule has 3 N–H and O–H groups in total. The Hall–Kier alpha value is -1.96. The van der Waals surface area contributed by atoms with E-state index >= 15 is 0 Å². The third kappa shape index (κ3) is 2.64. The maximum Gasteiger partial charge on any atom is 0.358 e. The summed E-state index contributed by atoms with van der Waals surface area (Å²) in [6.45, 7) is 4.94. The molecule has 0 aromatic carbocycles. The van der Waals surface area contributed by atoms with Crippen molar-refractivity contribution in [3.8, 4) is 0 Å². The lowest BCUT2D eigenvalue weighted by molar-refractivity contribution is -0.139. The molecule has 0 aliphatic carbocycles. The van der Waals surface area contributed by atoms with E-state index in [1.807, 2.05) is 13.8 Å². The molecule has 1 aliphatic heterocycles. The Kier molecular flexibility index (Phi) is 4.03. The van der Waals surface area contributed by atoms with Crippen molar-refractivity contribution in [1.29, 1.82) is 0 Å². The lowest BCUT2D eigenvalue weighted by Crippen LogP contribution is -2.57. The van der Waals surface area contributed by atoms with E-state index in [0.29, 0.717) is 13.1 Å². The van der Waals surface area contributed by atoms with E-state index in [-0.39, 0.29) is 23.6 Å². The molecule has 8 heteroatoms. The van der Waals surface area contributed by atoms with Crippen LogP contribution in [0.1, 0.15) is 36.8 Å². The first-order valence-electron chi connectivity index (χ1n) is 6.63. The predicted molar refractivity (Wildman–Crippen MR) is 70.0 cm³/mol. The average molecular weight is 281 g/mol. The Morgan fingerprint density at radius 2 is 2.20 bits per heavy atom. The molecule has 0 bridgehead atoms. The Morgan fingerprint density at radius 1 is 1.55 bits per heavy atom. The zero-order valence-electron chi connectivity index (χ0n) is 11.6. The van der Waals surface area contributed by atoms with Crippen molar-refractivity contribution >= 4 is 11.9 Å². The molecule has 110 valence electrons. The second-order valence-electron chi connectivity index (χ2n) is 5.20. The van der Waals surface area contributed by atoms with E-state index in [4.69, 9.17) is 10.8 Å². The molecule has 1 aromatic heterocycles. The summed E-state index contributed by atoms with van der Waals surface area (Å²) in [5.74, 6) is -1.02. The second-order valence-corrected chi connectivity index (χ2v) is 5.20. The number of carboxylic acids is 1. The highest BCUT2D eigenvalue weighted by Gasteiger charge is 2.36. The fourth-order valence-electron chi connectivity index (χ4n) is 2.06. The number of hydrogen-bond donors (Lipinski definition) is 2. The van der Waals surface area contributed by atoms with E-state index < -0.39 is 12.0 Å². The lowest BCUT2D eigenvalue weighted by atomic mass is 9.97. The maximum absolute atomic E-state index is 12.1. The van der Waals surface area contributed by atoms with Gasteiger partial charge < -0.3 is 15.7 Å². The number of carbonyl (C=O) groups is 2. The first kappa shape index (κ1) is 14.4. The van der Waals surface area contributed by atoms with Crippen molar-refractivity contribution < 1.29 is 14.7 Å². The van der Waals surface area contributed by atoms with Crippen LogP contribution in [0.15, 0.2) is 6.20 Å². The minimum Gasteiger partial charge on any atom is -0.476 e. The van der Waals surface area contributed by atoms with Crippen LogP contribution in [0.25, 0.3) is 0 Å². The third-order valence-corrected chi connectivity index (χ3v) is 3.82. The van der Waals surface area contributed by atoms with Crippen LogP contribution in [0.4, 0.5) is 0 Å². The molecule has 0 radical (unpaired) electrons. The number of nitrogens with zero attached hydrogens (tertiary/aromatic N) is 4. The van der Waals surface area contributed by atoms with Gasteiger partial charge >= 0.3 is 5.97 Å². The average Bonchev–Trinajstić information content (AvgIpc) is 2.84. The van der Waals surface area contributed by atoms with Gasteiger partial charge in [0.2, 0.25) is 5.91 Å². The van der Waals surface area contributed by atoms with Crippen LogP contribution in [0, 0.1) is 5.92 Å². The summed E-state index contributed by atoms with van der Waals surface area (Å²) in [5, 5.41) is 16.1. The van der Waals surface area contributed by atoms with Gasteiger partial charge in [-0.25, -0.2) is 9.48 Å². The van der Waals surface area contributed by atoms with E-state index in [1.165, 1.54) is 10.9 Å². The topological polar surface area (TPSA) is 114 Å². The van der Waals surface area contributed by atoms with Gasteiger partial charge in [-0.05, 0) is 5.92 Å². The number of aromatic carboxylic acids is 1. The van der Waals surface area contributed by atoms with E-state index in [1.54, 1.807) is 4.90 Å². The Labute approximate surface area is 116 Å². The highest BCUT2D eigenvalue weighted by Crippen LogP contribution is 2.22. The van der Waals surface area contributed by atoms with Gasteiger partial charge in [0, 0.05) is 13.1 Å². The maximum atomic E-state index is 12.1. The molecule has 1 fully saturated rings. The number of likely N-dealkylation sites (tertiary alicyclic amines) is 1. The number of hydrogen-bond acceptors (Lipinski definition) is 5. The van der Waals surface area contributed by atoms with E-state index in [2.05, 4.69) is 10.3 Å². The van der Waals surface area contributed by atoms with Gasteiger partial charge in [0.15, 0.2) is 5.69 Å². The number of carboxylic acid groups (broad SMARTS) is 1. The zero-order chi connectivity index (χ0) is 14.9. The van der Waals surface area contributed by atoms with Crippen molar-refractivity contribution in [2.75, 3.05) is 13.1 Å². The molecule has 1 aromatic rings. The summed E-state index contributed by atoms with van der Waals surface area (Å²) < 4.78 is 1.49. The monoisotopic (exact) mass is 281 g/mol. The van der Waals surface area contributed by atoms with Crippen LogP contribution in [-0.4, -0.2) is 56.0 Å². The molecule has 1 aliphatic rings. The number of carbonyl (C=O) groups excluding carboxylic acids is 1. The standard InChI is InChI=1S/C12H19N5O3/c1-3-7(2)10(13)11(18)16-4-8(5-16)17-6-9(12(19)20)14-15-17/h6-8,10H,3-5,13H2,1-2H3,(H,19,20)/t7-,10-/m0/s1. The molecule has 0 spiro atoms. The molecular weight excluding hydrogens is 262 g/mol. The first-order valence-corrected chi connectivity index (χ1v) is 6.63. The summed E-state index contributed by atoms with van der Waals surface area (Å²) in [7, 11) is 0. The molecule has 0 saturated carbocycles. The lowest BCUT2D eigenvalue weighted by Gasteiger charge is -2.40. The van der Waals surface area contributed by atoms with Crippen molar-refractivity contribution in [3.05, 3.63) is 11.9 Å². The Morgan fingerprint density at radius 3 is 2.70 bits per heavy atom. The van der Waals surface area contributed by atoms with Gasteiger partial charge in [0.05, 0.1) is 18.3 Å². The molecule has 2 rings (SSSR count). The summed E-state index contributed by atoms with van der Waals surface area (Å²) in [5.41, 5.74) is 5.81. The number of aromatic nitrogens is 3. The van der Waals surface area contributed by atoms with E-state index in [0.717, 1.165) is 6.42 Å². The van der Waals surface area contributed by atoms with Gasteiger partial charge in [-0.3, -0.25) is 4.79 Å². The SMILES string of the molecule is CC[C@H](C)[C@H](N)C(=O)N1CC(n2cc(C(=O)O)nn2)C1. The normalized spacial score (nSPS) is 18.4. The largest absolute Gasteiger partial charge is 0.476 e. The minimum absolute atomic E-state index is 0.0244. The summed E-state index contributed by atoms with van der Waals surface area (Å²) in [6, 6.07) is -0.505. The number of rotatable bonds is 5. The number of nitrogens with two attached hydrogens (primary N) is 1. The summed E-state index contributed by atoms with van der Waals surface area (Å²) >= 11 is 0. The van der Waals surface area contributed by atoms with Crippen LogP contribution < -0.4 is 5.73 Å². The minimum atomic E-state index is -1.11. The van der Waals surface area contributed by atoms with Crippen LogP contribution in [0.5, 0.6) is 0 Å². The van der Waals surface area contributed by atoms with Gasteiger partial charge in [0.25, 0.3) is 0 Å². The van der Waals surface area contributed by atoms with Crippen molar-refractivity contribution in [2.24, 2.45) is 11.7 Å². The molecule has 20 heavy (non-hydrogen) atoms. The van der Waals surface area contributed by atoms with Crippen molar-refractivity contribution in [1.82, 2.24) is 19.9 Å². The van der Waals surface area contributed by atoms with Crippen LogP contribution in [-0.2, 0) is 4.79 Å². The van der Waals surface area contributed by atoms with Gasteiger partial charge in [-0.2, -0.15) is 0 Å². The third-order valence-electron chi connectivity index (χ3n) is 3.82. The molecule has 0 unspecified atom stereocenters. The Bertz CT molecular complexity index is 509. The quantitative estimate of drug-likeness (QED) is 0.768. The van der Waals surface area contributed by atoms with Crippen LogP contribution in [0.3, 0.4) is 0 Å². The molecule has 1 amide bonds. The zero-order valence-corrected chi connectivity index (χ0v) is 11.6. The molecule has 8 nitrogen and oxygen atoms in total. The number of amides is 1. The molecular formula is C12H19N5O3. The fraction of sp³-hybridized carbons (Fsp3) is 0.667. The molecule has 2 heterocycles. The fourth-order valence-corrected chi connectivity index (χ4v) is 2.06. The van der Waals surface area contributed by atoms with Crippen LogP contribution >= 0.6 is 0 Å². The van der Waals surface area contributed by atoms with Gasteiger partial charge in [-0.1, -0.05) is 25.5 Å². The van der Waals surface area contributed by atoms with Crippen LogP contribution in [0.2, 0.25) is 0 Å². The predicted octanol–water partition coefficient (Wildman–Crippen LogP) is -0.267. The first-order chi connectivity index (χ1) is 9.43. The van der Waals surface area contributed by atoms with Gasteiger partial charge in [0.1, 0.15) is 0 Å². The van der Waals surface area contributed by atoms with E-state index in [9.17, 15) is 9.59 Å². The van der Waals surface area contributed by atoms with Crippen molar-refractivity contribution in [3.63, 3.8) is 0 Å². The van der Waals surface area contributed by atoms with Gasteiger partial charge in [-0.15, -0.1) is 5.10 Å². The molecule has 2 atom stereocenters. The Balaban J connectivity index is 1.90.